The van der Waals surface area contributed by atoms with E-state index in [1.807, 2.05) is 26.8 Å². The number of nitrogens with zero attached hydrogens (tertiary/aromatic N) is 1. The lowest BCUT2D eigenvalue weighted by Gasteiger charge is -2.50. The van der Waals surface area contributed by atoms with Gasteiger partial charge in [0, 0.05) is 19.3 Å². The van der Waals surface area contributed by atoms with Crippen molar-refractivity contribution >= 4 is 17.9 Å². The maximum Gasteiger partial charge on any atom is 0.362 e. The Bertz CT molecular complexity index is 694. The predicted octanol–water partition coefficient (Wildman–Crippen LogP) is 10.2. The third-order valence-electron chi connectivity index (χ3n) is 9.49. The topological polar surface area (TPSA) is 112 Å². The number of allylic oxidation sites excluding steroid dienone is 1. The van der Waals surface area contributed by atoms with Gasteiger partial charge in [0.15, 0.2) is 18.1 Å². The van der Waals surface area contributed by atoms with Crippen LogP contribution in [-0.2, 0) is 14.4 Å². The molecule has 0 aromatic rings. The summed E-state index contributed by atoms with van der Waals surface area (Å²) in [4.78, 5) is 37.8. The Morgan fingerprint density at radius 1 is 0.500 bits per heavy atom. The Kier molecular flexibility index (Phi) is 26.2. The first-order valence-corrected chi connectivity index (χ1v) is 18.4. The molecule has 0 amide bonds. The van der Waals surface area contributed by atoms with Gasteiger partial charge in [-0.3, -0.25) is 4.48 Å². The van der Waals surface area contributed by atoms with Crippen LogP contribution in [0.15, 0.2) is 12.7 Å². The van der Waals surface area contributed by atoms with Crippen LogP contribution in [0, 0.1) is 0 Å². The highest BCUT2D eigenvalue weighted by atomic mass is 16.4. The zero-order valence-corrected chi connectivity index (χ0v) is 28.9. The van der Waals surface area contributed by atoms with E-state index in [1.165, 1.54) is 89.9 Å². The first-order valence-electron chi connectivity index (χ1n) is 18.4. The smallest absolute Gasteiger partial charge is 0.362 e. The van der Waals surface area contributed by atoms with E-state index in [0.29, 0.717) is 25.7 Å². The van der Waals surface area contributed by atoms with Gasteiger partial charge in [-0.2, -0.15) is 0 Å². The zero-order valence-electron chi connectivity index (χ0n) is 28.9. The number of carboxylic acid groups (broad SMARTS) is 3. The summed E-state index contributed by atoms with van der Waals surface area (Å²) in [5.74, 6) is -3.24. The van der Waals surface area contributed by atoms with Gasteiger partial charge in [-0.05, 0) is 44.9 Å². The molecule has 3 atom stereocenters. The molecular weight excluding hydrogens is 554 g/mol. The van der Waals surface area contributed by atoms with E-state index in [4.69, 9.17) is 0 Å². The molecule has 0 bridgehead atoms. The number of carboxylic acids is 3. The Morgan fingerprint density at radius 2 is 0.750 bits per heavy atom. The van der Waals surface area contributed by atoms with Gasteiger partial charge < -0.3 is 15.3 Å². The van der Waals surface area contributed by atoms with Gasteiger partial charge in [0.05, 0.1) is 6.54 Å². The maximum atomic E-state index is 12.6. The molecule has 0 aliphatic rings. The van der Waals surface area contributed by atoms with Crippen LogP contribution in [-0.4, -0.2) is 62.4 Å². The standard InChI is InChI=1S/C37H69NO6/c1-5-9-10-11-12-13-14-15-16-17-18-19-20-21-22-23-24-25-26-27-31-38(32(28-6-2)35(39)40,33(29-7-3)36(41)42)34(30-8-4)37(43)44/h5,32-34H,1,6-31H2,2-4H3,(H2-,39,40,41,42,43,44)/p+1. The highest BCUT2D eigenvalue weighted by Gasteiger charge is 2.56. The van der Waals surface area contributed by atoms with Crippen LogP contribution in [0.3, 0.4) is 0 Å². The largest absolute Gasteiger partial charge is 0.477 e. The second-order valence-corrected chi connectivity index (χ2v) is 13.1. The molecule has 0 aromatic heterocycles. The number of hydrogen-bond donors (Lipinski definition) is 3. The van der Waals surface area contributed by atoms with Crippen molar-refractivity contribution in [1.29, 1.82) is 0 Å². The second-order valence-electron chi connectivity index (χ2n) is 13.1. The molecule has 7 nitrogen and oxygen atoms in total. The molecule has 3 unspecified atom stereocenters. The number of hydrogen-bond acceptors (Lipinski definition) is 3. The summed E-state index contributed by atoms with van der Waals surface area (Å²) in [6, 6.07) is -3.13. The fraction of sp³-hybridized carbons (Fsp3) is 0.865. The summed E-state index contributed by atoms with van der Waals surface area (Å²) in [5.41, 5.74) is 0. The van der Waals surface area contributed by atoms with Crippen LogP contribution in [0.25, 0.3) is 0 Å². The molecule has 0 saturated heterocycles. The number of unbranched alkanes of at least 4 members (excludes halogenated alkanes) is 18. The Hall–Kier alpha value is -1.89. The molecule has 0 radical (unpaired) electrons. The van der Waals surface area contributed by atoms with Crippen molar-refractivity contribution in [1.82, 2.24) is 0 Å². The molecule has 3 N–H and O–H groups in total. The first kappa shape index (κ1) is 42.1. The molecule has 0 aliphatic carbocycles. The minimum absolute atomic E-state index is 0.271. The Morgan fingerprint density at radius 3 is 0.977 bits per heavy atom. The number of rotatable bonds is 33. The van der Waals surface area contributed by atoms with Crippen LogP contribution in [0.5, 0.6) is 0 Å². The van der Waals surface area contributed by atoms with Gasteiger partial charge in [0.25, 0.3) is 0 Å². The fourth-order valence-corrected chi connectivity index (χ4v) is 7.15. The lowest BCUT2D eigenvalue weighted by atomic mass is 9.91. The van der Waals surface area contributed by atoms with E-state index in [9.17, 15) is 29.7 Å². The lowest BCUT2D eigenvalue weighted by Crippen LogP contribution is -2.72. The molecule has 0 spiro atoms. The van der Waals surface area contributed by atoms with Crippen molar-refractivity contribution < 1.29 is 34.2 Å². The Balaban J connectivity index is 4.68. The molecule has 0 aromatic carbocycles. The minimum atomic E-state index is -1.08. The summed E-state index contributed by atoms with van der Waals surface area (Å²) in [6.07, 6.45) is 27.8. The number of carbonyl (C=O) groups is 3. The van der Waals surface area contributed by atoms with Crippen LogP contribution in [0.4, 0.5) is 0 Å². The molecule has 0 rings (SSSR count). The van der Waals surface area contributed by atoms with Crippen LogP contribution in [0.1, 0.15) is 181 Å². The maximum absolute atomic E-state index is 12.6. The van der Waals surface area contributed by atoms with Crippen molar-refractivity contribution in [3.8, 4) is 0 Å². The molecule has 0 heterocycles. The van der Waals surface area contributed by atoms with Gasteiger partial charge >= 0.3 is 17.9 Å². The molecule has 7 heteroatoms. The van der Waals surface area contributed by atoms with E-state index in [2.05, 4.69) is 6.58 Å². The van der Waals surface area contributed by atoms with E-state index >= 15 is 0 Å². The average Bonchev–Trinajstić information content (AvgIpc) is 2.98. The molecule has 258 valence electrons. The van der Waals surface area contributed by atoms with Crippen LogP contribution >= 0.6 is 0 Å². The molecule has 44 heavy (non-hydrogen) atoms. The van der Waals surface area contributed by atoms with Crippen molar-refractivity contribution in [2.24, 2.45) is 0 Å². The summed E-state index contributed by atoms with van der Waals surface area (Å²) in [6.45, 7) is 9.70. The highest BCUT2D eigenvalue weighted by molar-refractivity contribution is 5.78. The first-order chi connectivity index (χ1) is 21.2. The van der Waals surface area contributed by atoms with Crippen molar-refractivity contribution in [2.75, 3.05) is 6.54 Å². The molecule has 0 aliphatic heterocycles. The second kappa shape index (κ2) is 27.4. The minimum Gasteiger partial charge on any atom is -0.477 e. The quantitative estimate of drug-likeness (QED) is 0.0380. The molecular formula is C37H70NO6+. The summed E-state index contributed by atoms with van der Waals surface area (Å²) >= 11 is 0. The van der Waals surface area contributed by atoms with E-state index in [0.717, 1.165) is 25.7 Å². The monoisotopic (exact) mass is 625 g/mol. The normalized spacial score (nSPS) is 14.9. The van der Waals surface area contributed by atoms with E-state index in [-0.39, 0.29) is 30.3 Å². The number of aliphatic carboxylic acids is 3. The van der Waals surface area contributed by atoms with Crippen LogP contribution in [0.2, 0.25) is 0 Å². The zero-order chi connectivity index (χ0) is 33.1. The summed E-state index contributed by atoms with van der Waals surface area (Å²) < 4.78 is -0.369. The SMILES string of the molecule is C=CCCCCCCCCCCCCCCCCCCCC[N+](C(CCC)C(=O)O)(C(CCC)C(=O)O)C(CCC)C(=O)O. The lowest BCUT2D eigenvalue weighted by molar-refractivity contribution is -0.973. The van der Waals surface area contributed by atoms with E-state index in [1.54, 1.807) is 0 Å². The third kappa shape index (κ3) is 17.0. The summed E-state index contributed by atoms with van der Waals surface area (Å²) in [7, 11) is 0. The van der Waals surface area contributed by atoms with Gasteiger partial charge in [0.1, 0.15) is 0 Å². The van der Waals surface area contributed by atoms with Gasteiger partial charge in [-0.25, -0.2) is 14.4 Å². The third-order valence-corrected chi connectivity index (χ3v) is 9.49. The predicted molar refractivity (Wildman–Crippen MR) is 182 cm³/mol. The summed E-state index contributed by atoms with van der Waals surface area (Å²) in [5, 5.41) is 30.9. The fourth-order valence-electron chi connectivity index (χ4n) is 7.15. The van der Waals surface area contributed by atoms with Gasteiger partial charge in [-0.15, -0.1) is 6.58 Å². The highest BCUT2D eigenvalue weighted by Crippen LogP contribution is 2.34. The number of quaternary nitrogens is 1. The Labute approximate surface area is 270 Å². The van der Waals surface area contributed by atoms with E-state index < -0.39 is 36.0 Å². The van der Waals surface area contributed by atoms with Gasteiger partial charge in [0.2, 0.25) is 0 Å². The van der Waals surface area contributed by atoms with Crippen molar-refractivity contribution in [2.45, 2.75) is 199 Å². The molecule has 0 saturated carbocycles. The van der Waals surface area contributed by atoms with Crippen molar-refractivity contribution in [3.05, 3.63) is 12.7 Å². The molecule has 0 fully saturated rings. The van der Waals surface area contributed by atoms with Gasteiger partial charge in [-0.1, -0.05) is 123 Å². The van der Waals surface area contributed by atoms with Crippen LogP contribution < -0.4 is 0 Å². The average molecular weight is 625 g/mol. The van der Waals surface area contributed by atoms with Crippen molar-refractivity contribution in [3.63, 3.8) is 0 Å².